The van der Waals surface area contributed by atoms with Crippen LogP contribution < -0.4 is 5.32 Å². The van der Waals surface area contributed by atoms with Gasteiger partial charge in [0.15, 0.2) is 0 Å². The largest absolute Gasteiger partial charge is 0.467 e. The van der Waals surface area contributed by atoms with Crippen molar-refractivity contribution in [2.24, 2.45) is 0 Å². The van der Waals surface area contributed by atoms with Crippen LogP contribution in [-0.4, -0.2) is 30.8 Å². The third-order valence-corrected chi connectivity index (χ3v) is 3.91. The van der Waals surface area contributed by atoms with Gasteiger partial charge in [-0.1, -0.05) is 39.8 Å². The van der Waals surface area contributed by atoms with Crippen LogP contribution >= 0.6 is 0 Å². The van der Waals surface area contributed by atoms with E-state index in [0.29, 0.717) is 12.0 Å². The fourth-order valence-electron chi connectivity index (χ4n) is 2.24. The zero-order valence-electron chi connectivity index (χ0n) is 15.1. The maximum atomic E-state index is 12.3. The second-order valence-corrected chi connectivity index (χ2v) is 6.81. The smallest absolute Gasteiger partial charge is 0.328 e. The SMILES string of the molecule is CCC(=O)CC[C@H](NC(=O)c1ccc(C(C)(C)C)cc1)C(=O)OC. The topological polar surface area (TPSA) is 72.5 Å². The maximum Gasteiger partial charge on any atom is 0.328 e. The van der Waals surface area contributed by atoms with Gasteiger partial charge < -0.3 is 10.1 Å². The molecule has 1 aromatic rings. The van der Waals surface area contributed by atoms with Crippen molar-refractivity contribution in [1.82, 2.24) is 5.32 Å². The summed E-state index contributed by atoms with van der Waals surface area (Å²) in [5.41, 5.74) is 1.60. The van der Waals surface area contributed by atoms with Crippen molar-refractivity contribution in [2.75, 3.05) is 7.11 Å². The van der Waals surface area contributed by atoms with Crippen LogP contribution in [0.4, 0.5) is 0 Å². The molecule has 1 amide bonds. The molecule has 0 fully saturated rings. The van der Waals surface area contributed by atoms with E-state index in [-0.39, 0.29) is 29.9 Å². The number of hydrogen-bond acceptors (Lipinski definition) is 4. The molecule has 1 aromatic carbocycles. The Morgan fingerprint density at radius 1 is 1.12 bits per heavy atom. The summed E-state index contributed by atoms with van der Waals surface area (Å²) in [7, 11) is 1.27. The van der Waals surface area contributed by atoms with Crippen molar-refractivity contribution in [3.05, 3.63) is 35.4 Å². The molecule has 0 aliphatic carbocycles. The predicted molar refractivity (Wildman–Crippen MR) is 92.9 cm³/mol. The monoisotopic (exact) mass is 333 g/mol. The quantitative estimate of drug-likeness (QED) is 0.779. The summed E-state index contributed by atoms with van der Waals surface area (Å²) in [6.07, 6.45) is 0.890. The molecule has 0 aliphatic heterocycles. The van der Waals surface area contributed by atoms with Gasteiger partial charge in [-0.3, -0.25) is 9.59 Å². The number of amides is 1. The van der Waals surface area contributed by atoms with Gasteiger partial charge in [0, 0.05) is 18.4 Å². The third-order valence-electron chi connectivity index (χ3n) is 3.91. The minimum absolute atomic E-state index is 0.00404. The van der Waals surface area contributed by atoms with E-state index >= 15 is 0 Å². The Kier molecular flexibility index (Phi) is 7.14. The number of rotatable bonds is 7. The number of nitrogens with one attached hydrogen (secondary N) is 1. The molecule has 132 valence electrons. The Balaban J connectivity index is 2.80. The van der Waals surface area contributed by atoms with Crippen molar-refractivity contribution < 1.29 is 19.1 Å². The standard InChI is InChI=1S/C19H27NO4/c1-6-15(21)11-12-16(18(23)24-5)20-17(22)13-7-9-14(10-8-13)19(2,3)4/h7-10,16H,6,11-12H2,1-5H3,(H,20,22)/t16-/m0/s1. The summed E-state index contributed by atoms with van der Waals surface area (Å²) in [6.45, 7) is 8.06. The third kappa shape index (κ3) is 5.80. The number of carbonyl (C=O) groups is 3. The molecule has 0 aliphatic rings. The van der Waals surface area contributed by atoms with Gasteiger partial charge in [-0.2, -0.15) is 0 Å². The summed E-state index contributed by atoms with van der Waals surface area (Å²) < 4.78 is 4.71. The molecule has 1 N–H and O–H groups in total. The number of methoxy groups -OCH3 is 1. The Morgan fingerprint density at radius 2 is 1.71 bits per heavy atom. The minimum atomic E-state index is -0.819. The molecular formula is C19H27NO4. The van der Waals surface area contributed by atoms with Gasteiger partial charge in [0.05, 0.1) is 7.11 Å². The van der Waals surface area contributed by atoms with Crippen LogP contribution in [0.15, 0.2) is 24.3 Å². The number of esters is 1. The Morgan fingerprint density at radius 3 is 2.17 bits per heavy atom. The summed E-state index contributed by atoms with van der Waals surface area (Å²) >= 11 is 0. The molecule has 0 saturated heterocycles. The van der Waals surface area contributed by atoms with Crippen molar-refractivity contribution in [2.45, 2.75) is 58.4 Å². The lowest BCUT2D eigenvalue weighted by molar-refractivity contribution is -0.143. The molecule has 5 nitrogen and oxygen atoms in total. The fraction of sp³-hybridized carbons (Fsp3) is 0.526. The van der Waals surface area contributed by atoms with Crippen LogP contribution in [0.2, 0.25) is 0 Å². The lowest BCUT2D eigenvalue weighted by Gasteiger charge is -2.19. The molecule has 0 heterocycles. The van der Waals surface area contributed by atoms with E-state index in [1.54, 1.807) is 19.1 Å². The van der Waals surface area contributed by atoms with Gasteiger partial charge in [-0.25, -0.2) is 4.79 Å². The van der Waals surface area contributed by atoms with E-state index in [9.17, 15) is 14.4 Å². The highest BCUT2D eigenvalue weighted by molar-refractivity contribution is 5.97. The van der Waals surface area contributed by atoms with Crippen molar-refractivity contribution in [1.29, 1.82) is 0 Å². The number of Topliss-reactive ketones (excluding diaryl/α,β-unsaturated/α-hetero) is 1. The van der Waals surface area contributed by atoms with E-state index in [4.69, 9.17) is 4.74 Å². The molecule has 0 radical (unpaired) electrons. The van der Waals surface area contributed by atoms with Crippen LogP contribution in [0.3, 0.4) is 0 Å². The summed E-state index contributed by atoms with van der Waals surface area (Å²) in [5, 5.41) is 2.66. The molecule has 1 atom stereocenters. The first-order valence-electron chi connectivity index (χ1n) is 8.20. The number of ether oxygens (including phenoxy) is 1. The van der Waals surface area contributed by atoms with E-state index in [1.807, 2.05) is 12.1 Å². The summed E-state index contributed by atoms with van der Waals surface area (Å²) in [5.74, 6) is -0.846. The van der Waals surface area contributed by atoms with Crippen LogP contribution in [0.5, 0.6) is 0 Å². The summed E-state index contributed by atoms with van der Waals surface area (Å²) in [4.78, 5) is 35.6. The van der Waals surface area contributed by atoms with Gasteiger partial charge in [0.25, 0.3) is 5.91 Å². The predicted octanol–water partition coefficient (Wildman–Crippen LogP) is 3.01. The molecule has 1 rings (SSSR count). The average Bonchev–Trinajstić information content (AvgIpc) is 2.56. The van der Waals surface area contributed by atoms with Crippen molar-refractivity contribution in [3.8, 4) is 0 Å². The normalized spacial score (nSPS) is 12.4. The Hall–Kier alpha value is -2.17. The number of carbonyl (C=O) groups excluding carboxylic acids is 3. The number of ketones is 1. The maximum absolute atomic E-state index is 12.3. The summed E-state index contributed by atoms with van der Waals surface area (Å²) in [6, 6.07) is 6.47. The van der Waals surface area contributed by atoms with Gasteiger partial charge >= 0.3 is 5.97 Å². The lowest BCUT2D eigenvalue weighted by Crippen LogP contribution is -2.41. The fourth-order valence-corrected chi connectivity index (χ4v) is 2.24. The molecule has 0 unspecified atom stereocenters. The first kappa shape index (κ1) is 19.9. The number of hydrogen-bond donors (Lipinski definition) is 1. The van der Waals surface area contributed by atoms with Crippen LogP contribution in [0, 0.1) is 0 Å². The second kappa shape index (κ2) is 8.62. The van der Waals surface area contributed by atoms with Crippen LogP contribution in [0.1, 0.15) is 62.9 Å². The highest BCUT2D eigenvalue weighted by Crippen LogP contribution is 2.22. The van der Waals surface area contributed by atoms with Gasteiger partial charge in [-0.15, -0.1) is 0 Å². The number of benzene rings is 1. The first-order valence-corrected chi connectivity index (χ1v) is 8.20. The molecule has 5 heteroatoms. The van der Waals surface area contributed by atoms with E-state index in [0.717, 1.165) is 5.56 Å². The second-order valence-electron chi connectivity index (χ2n) is 6.81. The van der Waals surface area contributed by atoms with Crippen LogP contribution in [-0.2, 0) is 19.7 Å². The minimum Gasteiger partial charge on any atom is -0.467 e. The van der Waals surface area contributed by atoms with E-state index in [2.05, 4.69) is 26.1 Å². The molecule has 0 bridgehead atoms. The van der Waals surface area contributed by atoms with Gasteiger partial charge in [0.1, 0.15) is 11.8 Å². The molecule has 0 spiro atoms. The van der Waals surface area contributed by atoms with Crippen molar-refractivity contribution in [3.63, 3.8) is 0 Å². The van der Waals surface area contributed by atoms with Crippen molar-refractivity contribution >= 4 is 17.7 Å². The zero-order chi connectivity index (χ0) is 18.3. The Bertz CT molecular complexity index is 584. The molecule has 0 aromatic heterocycles. The molecule has 0 saturated carbocycles. The van der Waals surface area contributed by atoms with E-state index in [1.165, 1.54) is 7.11 Å². The highest BCUT2D eigenvalue weighted by Gasteiger charge is 2.23. The first-order chi connectivity index (χ1) is 11.2. The van der Waals surface area contributed by atoms with E-state index < -0.39 is 12.0 Å². The van der Waals surface area contributed by atoms with Crippen LogP contribution in [0.25, 0.3) is 0 Å². The highest BCUT2D eigenvalue weighted by atomic mass is 16.5. The lowest BCUT2D eigenvalue weighted by atomic mass is 9.86. The average molecular weight is 333 g/mol. The molecular weight excluding hydrogens is 306 g/mol. The van der Waals surface area contributed by atoms with Gasteiger partial charge in [0.2, 0.25) is 0 Å². The molecule has 24 heavy (non-hydrogen) atoms. The van der Waals surface area contributed by atoms with Gasteiger partial charge in [-0.05, 0) is 29.5 Å². The zero-order valence-corrected chi connectivity index (χ0v) is 15.1. The Labute approximate surface area is 143 Å².